The minimum Gasteiger partial charge on any atom is -0.447 e. The number of primary amides is 1. The van der Waals surface area contributed by atoms with Crippen molar-refractivity contribution in [1.29, 1.82) is 0 Å². The van der Waals surface area contributed by atoms with Crippen molar-refractivity contribution >= 4 is 11.9 Å². The maximum absolute atomic E-state index is 11.8. The molecule has 0 spiro atoms. The van der Waals surface area contributed by atoms with Crippen LogP contribution in [0.15, 0.2) is 0 Å². The third-order valence-corrected chi connectivity index (χ3v) is 4.93. The van der Waals surface area contributed by atoms with Crippen LogP contribution in [-0.4, -0.2) is 44.9 Å². The topological polar surface area (TPSA) is 87.8 Å². The van der Waals surface area contributed by atoms with Gasteiger partial charge in [0.25, 0.3) is 0 Å². The molecule has 6 nitrogen and oxygen atoms in total. The fourth-order valence-electron chi connectivity index (χ4n) is 3.17. The van der Waals surface area contributed by atoms with Crippen LogP contribution in [0.5, 0.6) is 0 Å². The zero-order chi connectivity index (χ0) is 21.4. The SMILES string of the molecule is CCCCCCCCCCCCCCCC(=O)CCOCCOCCOC(N)=O. The van der Waals surface area contributed by atoms with Crippen molar-refractivity contribution in [3.63, 3.8) is 0 Å². The van der Waals surface area contributed by atoms with Gasteiger partial charge < -0.3 is 19.9 Å². The Hall–Kier alpha value is -1.14. The number of ether oxygens (including phenoxy) is 3. The van der Waals surface area contributed by atoms with Crippen molar-refractivity contribution in [2.24, 2.45) is 5.73 Å². The molecular formula is C23H45NO5. The Bertz CT molecular complexity index is 376. The molecule has 0 aliphatic rings. The molecule has 0 fully saturated rings. The van der Waals surface area contributed by atoms with Gasteiger partial charge in [0.05, 0.1) is 26.4 Å². The lowest BCUT2D eigenvalue weighted by molar-refractivity contribution is -0.120. The van der Waals surface area contributed by atoms with Crippen LogP contribution in [0.3, 0.4) is 0 Å². The smallest absolute Gasteiger partial charge is 0.404 e. The zero-order valence-corrected chi connectivity index (χ0v) is 18.8. The molecule has 0 aromatic carbocycles. The molecule has 0 rings (SSSR count). The van der Waals surface area contributed by atoms with E-state index in [1.54, 1.807) is 0 Å². The first-order valence-corrected chi connectivity index (χ1v) is 11.8. The highest BCUT2D eigenvalue weighted by Crippen LogP contribution is 2.13. The number of nitrogens with two attached hydrogens (primary N) is 1. The second-order valence-electron chi connectivity index (χ2n) is 7.67. The van der Waals surface area contributed by atoms with Gasteiger partial charge in [0.15, 0.2) is 0 Å². The molecular weight excluding hydrogens is 370 g/mol. The van der Waals surface area contributed by atoms with Gasteiger partial charge in [-0.2, -0.15) is 0 Å². The Balaban J connectivity index is 3.16. The minimum absolute atomic E-state index is 0.146. The second kappa shape index (κ2) is 23.1. The number of amides is 1. The van der Waals surface area contributed by atoms with Crippen molar-refractivity contribution in [3.8, 4) is 0 Å². The first-order chi connectivity index (χ1) is 14.2. The van der Waals surface area contributed by atoms with E-state index < -0.39 is 6.09 Å². The highest BCUT2D eigenvalue weighted by molar-refractivity contribution is 5.78. The van der Waals surface area contributed by atoms with Gasteiger partial charge in [-0.15, -0.1) is 0 Å². The molecule has 0 saturated heterocycles. The Kier molecular flexibility index (Phi) is 22.2. The summed E-state index contributed by atoms with van der Waals surface area (Å²) in [4.78, 5) is 22.1. The summed E-state index contributed by atoms with van der Waals surface area (Å²) in [5, 5.41) is 0. The third kappa shape index (κ3) is 24.8. The van der Waals surface area contributed by atoms with Crippen molar-refractivity contribution in [2.45, 2.75) is 103 Å². The number of Topliss-reactive ketones (excluding diaryl/α,β-unsaturated/α-hetero) is 1. The molecule has 172 valence electrons. The largest absolute Gasteiger partial charge is 0.447 e. The lowest BCUT2D eigenvalue weighted by Gasteiger charge is -2.06. The number of hydrogen-bond acceptors (Lipinski definition) is 5. The summed E-state index contributed by atoms with van der Waals surface area (Å²) in [5.74, 6) is 0.281. The Morgan fingerprint density at radius 2 is 1.03 bits per heavy atom. The predicted molar refractivity (Wildman–Crippen MR) is 117 cm³/mol. The van der Waals surface area contributed by atoms with Crippen molar-refractivity contribution in [1.82, 2.24) is 0 Å². The van der Waals surface area contributed by atoms with Gasteiger partial charge in [-0.1, -0.05) is 84.0 Å². The van der Waals surface area contributed by atoms with Crippen LogP contribution in [-0.2, 0) is 19.0 Å². The Morgan fingerprint density at radius 3 is 1.55 bits per heavy atom. The quantitative estimate of drug-likeness (QED) is 0.221. The van der Waals surface area contributed by atoms with Crippen LogP contribution >= 0.6 is 0 Å². The van der Waals surface area contributed by atoms with Crippen LogP contribution in [0, 0.1) is 0 Å². The fraction of sp³-hybridized carbons (Fsp3) is 0.913. The standard InChI is InChI=1S/C23H45NO5/c1-2-3-4-5-6-7-8-9-10-11-12-13-14-15-22(25)16-17-27-18-19-28-20-21-29-23(24)26/h2-21H2,1H3,(H2,24,26). The summed E-state index contributed by atoms with van der Waals surface area (Å²) in [5.41, 5.74) is 4.82. The summed E-state index contributed by atoms with van der Waals surface area (Å²) < 4.78 is 15.1. The number of rotatable bonds is 23. The number of hydrogen-bond donors (Lipinski definition) is 1. The number of carbonyl (C=O) groups is 2. The lowest BCUT2D eigenvalue weighted by atomic mass is 10.0. The molecule has 0 heterocycles. The van der Waals surface area contributed by atoms with E-state index in [1.807, 2.05) is 0 Å². The molecule has 2 N–H and O–H groups in total. The van der Waals surface area contributed by atoms with E-state index in [2.05, 4.69) is 11.7 Å². The lowest BCUT2D eigenvalue weighted by Crippen LogP contribution is -2.17. The van der Waals surface area contributed by atoms with Gasteiger partial charge in [-0.3, -0.25) is 4.79 Å². The molecule has 29 heavy (non-hydrogen) atoms. The third-order valence-electron chi connectivity index (χ3n) is 4.93. The molecule has 6 heteroatoms. The first-order valence-electron chi connectivity index (χ1n) is 11.8. The Morgan fingerprint density at radius 1 is 0.586 bits per heavy atom. The van der Waals surface area contributed by atoms with Crippen LogP contribution in [0.1, 0.15) is 103 Å². The highest BCUT2D eigenvalue weighted by atomic mass is 16.6. The molecule has 0 saturated carbocycles. The van der Waals surface area contributed by atoms with Gasteiger partial charge in [-0.05, 0) is 6.42 Å². The van der Waals surface area contributed by atoms with E-state index in [0.717, 1.165) is 12.8 Å². The van der Waals surface area contributed by atoms with Gasteiger partial charge in [0, 0.05) is 12.8 Å². The minimum atomic E-state index is -0.799. The molecule has 0 atom stereocenters. The molecule has 0 aromatic heterocycles. The Labute approximate surface area is 178 Å². The zero-order valence-electron chi connectivity index (χ0n) is 18.8. The molecule has 0 bridgehead atoms. The monoisotopic (exact) mass is 415 g/mol. The normalized spacial score (nSPS) is 10.9. The number of ketones is 1. The molecule has 0 unspecified atom stereocenters. The summed E-state index contributed by atoms with van der Waals surface area (Å²) in [6, 6.07) is 0. The molecule has 0 aliphatic heterocycles. The van der Waals surface area contributed by atoms with Crippen LogP contribution in [0.4, 0.5) is 4.79 Å². The van der Waals surface area contributed by atoms with Crippen molar-refractivity contribution < 1.29 is 23.8 Å². The average molecular weight is 416 g/mol. The second-order valence-corrected chi connectivity index (χ2v) is 7.67. The summed E-state index contributed by atoms with van der Waals surface area (Å²) in [6.07, 6.45) is 17.5. The maximum atomic E-state index is 11.8. The predicted octanol–water partition coefficient (Wildman–Crippen LogP) is 5.56. The molecule has 1 amide bonds. The molecule has 0 radical (unpaired) electrons. The fourth-order valence-corrected chi connectivity index (χ4v) is 3.17. The van der Waals surface area contributed by atoms with E-state index in [1.165, 1.54) is 70.6 Å². The van der Waals surface area contributed by atoms with E-state index >= 15 is 0 Å². The molecule has 0 aliphatic carbocycles. The number of carbonyl (C=O) groups excluding carboxylic acids is 2. The summed E-state index contributed by atoms with van der Waals surface area (Å²) in [7, 11) is 0. The van der Waals surface area contributed by atoms with Gasteiger partial charge in [-0.25, -0.2) is 4.79 Å². The van der Waals surface area contributed by atoms with Crippen LogP contribution < -0.4 is 5.73 Å². The van der Waals surface area contributed by atoms with Crippen LogP contribution in [0.2, 0.25) is 0 Å². The van der Waals surface area contributed by atoms with E-state index in [0.29, 0.717) is 39.3 Å². The average Bonchev–Trinajstić information content (AvgIpc) is 2.70. The van der Waals surface area contributed by atoms with Gasteiger partial charge >= 0.3 is 6.09 Å². The van der Waals surface area contributed by atoms with Crippen LogP contribution in [0.25, 0.3) is 0 Å². The van der Waals surface area contributed by atoms with Gasteiger partial charge in [0.2, 0.25) is 0 Å². The number of unbranched alkanes of at least 4 members (excludes halogenated alkanes) is 12. The molecule has 0 aromatic rings. The van der Waals surface area contributed by atoms with E-state index in [9.17, 15) is 9.59 Å². The first kappa shape index (κ1) is 27.9. The van der Waals surface area contributed by atoms with Crippen molar-refractivity contribution in [3.05, 3.63) is 0 Å². The summed E-state index contributed by atoms with van der Waals surface area (Å²) in [6.45, 7) is 3.99. The van der Waals surface area contributed by atoms with E-state index in [4.69, 9.17) is 15.2 Å². The van der Waals surface area contributed by atoms with Crippen molar-refractivity contribution in [2.75, 3.05) is 33.0 Å². The maximum Gasteiger partial charge on any atom is 0.404 e. The van der Waals surface area contributed by atoms with Gasteiger partial charge in [0.1, 0.15) is 12.4 Å². The van der Waals surface area contributed by atoms with E-state index in [-0.39, 0.29) is 12.4 Å². The highest BCUT2D eigenvalue weighted by Gasteiger charge is 2.02. The summed E-state index contributed by atoms with van der Waals surface area (Å²) >= 11 is 0.